The van der Waals surface area contributed by atoms with Crippen LogP contribution in [-0.4, -0.2) is 45.4 Å². The number of rotatable bonds is 3. The van der Waals surface area contributed by atoms with Crippen molar-refractivity contribution in [2.45, 2.75) is 11.1 Å². The second-order valence-electron chi connectivity index (χ2n) is 6.69. The number of piperazine rings is 1. The maximum atomic E-state index is 12.7. The third-order valence-electron chi connectivity index (χ3n) is 4.78. The molecular weight excluding hydrogens is 421 g/mol. The number of carbonyl (C=O) groups excluding carboxylic acids is 1. The number of nitrogens with zero attached hydrogens (tertiary/aromatic N) is 3. The zero-order chi connectivity index (χ0) is 22.1. The van der Waals surface area contributed by atoms with E-state index in [1.165, 1.54) is 23.1 Å². The quantitative estimate of drug-likeness (QED) is 0.791. The maximum Gasteiger partial charge on any atom is 0.416 e. The molecule has 7 nitrogen and oxygen atoms in total. The predicted octanol–water partition coefficient (Wildman–Crippen LogP) is 2.19. The summed E-state index contributed by atoms with van der Waals surface area (Å²) in [6.45, 7) is 1.33. The SMILES string of the molecule is N#Cc1cc(S(N)(=O)=O)ccc1N1CCN(C(=O)c2ccc(C(F)(F)F)cc2)CC1. The molecule has 0 spiro atoms. The molecule has 1 amide bonds. The number of nitrogens with two attached hydrogens (primary N) is 1. The first-order valence-electron chi connectivity index (χ1n) is 8.79. The van der Waals surface area contributed by atoms with E-state index in [9.17, 15) is 31.6 Å². The highest BCUT2D eigenvalue weighted by molar-refractivity contribution is 7.89. The van der Waals surface area contributed by atoms with Crippen LogP contribution in [0.2, 0.25) is 0 Å². The van der Waals surface area contributed by atoms with Crippen LogP contribution in [0.5, 0.6) is 0 Å². The minimum Gasteiger partial charge on any atom is -0.367 e. The van der Waals surface area contributed by atoms with Crippen molar-refractivity contribution in [3.63, 3.8) is 0 Å². The summed E-state index contributed by atoms with van der Waals surface area (Å²) in [5, 5.41) is 14.4. The highest BCUT2D eigenvalue weighted by Gasteiger charge is 2.31. The van der Waals surface area contributed by atoms with Gasteiger partial charge in [0.15, 0.2) is 0 Å². The van der Waals surface area contributed by atoms with Crippen molar-refractivity contribution >= 4 is 21.6 Å². The normalized spacial score (nSPS) is 15.0. The summed E-state index contributed by atoms with van der Waals surface area (Å²) in [6.07, 6.45) is -4.47. The largest absolute Gasteiger partial charge is 0.416 e. The number of alkyl halides is 3. The van der Waals surface area contributed by atoms with E-state index in [-0.39, 0.29) is 21.9 Å². The summed E-state index contributed by atoms with van der Waals surface area (Å²) in [5.74, 6) is -0.381. The monoisotopic (exact) mass is 438 g/mol. The fourth-order valence-corrected chi connectivity index (χ4v) is 3.73. The van der Waals surface area contributed by atoms with Crippen LogP contribution in [0.25, 0.3) is 0 Å². The van der Waals surface area contributed by atoms with E-state index in [0.29, 0.717) is 31.9 Å². The topological polar surface area (TPSA) is 107 Å². The van der Waals surface area contributed by atoms with Crippen LogP contribution < -0.4 is 10.0 Å². The van der Waals surface area contributed by atoms with Gasteiger partial charge >= 0.3 is 6.18 Å². The molecule has 0 radical (unpaired) electrons. The molecule has 3 rings (SSSR count). The number of hydrogen-bond acceptors (Lipinski definition) is 5. The standard InChI is InChI=1S/C19H17F3N4O3S/c20-19(21,22)15-3-1-13(2-4-15)18(27)26-9-7-25(8-10-26)17-6-5-16(30(24,28)29)11-14(17)12-23/h1-6,11H,7-10H2,(H2,24,28,29). The van der Waals surface area contributed by atoms with Gasteiger partial charge in [0, 0.05) is 31.7 Å². The lowest BCUT2D eigenvalue weighted by Crippen LogP contribution is -2.49. The lowest BCUT2D eigenvalue weighted by Gasteiger charge is -2.36. The number of nitriles is 1. The number of amides is 1. The third-order valence-corrected chi connectivity index (χ3v) is 5.69. The molecule has 1 heterocycles. The van der Waals surface area contributed by atoms with Gasteiger partial charge in [-0.3, -0.25) is 4.79 Å². The fraction of sp³-hybridized carbons (Fsp3) is 0.263. The Morgan fingerprint density at radius 3 is 2.13 bits per heavy atom. The van der Waals surface area contributed by atoms with E-state index >= 15 is 0 Å². The molecule has 0 unspecified atom stereocenters. The minimum absolute atomic E-state index is 0.143. The van der Waals surface area contributed by atoms with Crippen molar-refractivity contribution < 1.29 is 26.4 Å². The molecule has 2 aromatic carbocycles. The molecule has 0 aliphatic carbocycles. The van der Waals surface area contributed by atoms with E-state index in [2.05, 4.69) is 0 Å². The average Bonchev–Trinajstić information content (AvgIpc) is 2.71. The number of hydrogen-bond donors (Lipinski definition) is 1. The molecule has 2 aromatic rings. The molecule has 1 saturated heterocycles. The number of primary sulfonamides is 1. The number of benzene rings is 2. The Morgan fingerprint density at radius 2 is 1.63 bits per heavy atom. The van der Waals surface area contributed by atoms with Crippen LogP contribution in [0.1, 0.15) is 21.5 Å². The van der Waals surface area contributed by atoms with Gasteiger partial charge in [-0.1, -0.05) is 0 Å². The van der Waals surface area contributed by atoms with Crippen LogP contribution >= 0.6 is 0 Å². The molecule has 158 valence electrons. The first kappa shape index (κ1) is 21.6. The van der Waals surface area contributed by atoms with Gasteiger partial charge in [0.25, 0.3) is 5.91 Å². The first-order chi connectivity index (χ1) is 14.0. The maximum absolute atomic E-state index is 12.7. The summed E-state index contributed by atoms with van der Waals surface area (Å²) < 4.78 is 60.9. The molecule has 1 aliphatic heterocycles. The van der Waals surface area contributed by atoms with Crippen molar-refractivity contribution in [3.8, 4) is 6.07 Å². The lowest BCUT2D eigenvalue weighted by molar-refractivity contribution is -0.137. The van der Waals surface area contributed by atoms with E-state index < -0.39 is 21.8 Å². The summed E-state index contributed by atoms with van der Waals surface area (Å²) in [4.78, 5) is 15.8. The number of carbonyl (C=O) groups is 1. The smallest absolute Gasteiger partial charge is 0.367 e. The summed E-state index contributed by atoms with van der Waals surface area (Å²) in [5.41, 5.74) is -0.00178. The molecule has 0 bridgehead atoms. The molecular formula is C19H17F3N4O3S. The van der Waals surface area contributed by atoms with Crippen molar-refractivity contribution in [1.82, 2.24) is 4.90 Å². The van der Waals surface area contributed by atoms with E-state index in [0.717, 1.165) is 24.3 Å². The molecule has 11 heteroatoms. The summed E-state index contributed by atoms with van der Waals surface area (Å²) >= 11 is 0. The molecule has 2 N–H and O–H groups in total. The zero-order valence-electron chi connectivity index (χ0n) is 15.6. The zero-order valence-corrected chi connectivity index (χ0v) is 16.4. The average molecular weight is 438 g/mol. The number of sulfonamides is 1. The predicted molar refractivity (Wildman–Crippen MR) is 102 cm³/mol. The van der Waals surface area contributed by atoms with Crippen LogP contribution in [0.15, 0.2) is 47.4 Å². The number of anilines is 1. The highest BCUT2D eigenvalue weighted by Crippen LogP contribution is 2.29. The van der Waals surface area contributed by atoms with Crippen LogP contribution in [-0.2, 0) is 16.2 Å². The van der Waals surface area contributed by atoms with Crippen molar-refractivity contribution in [1.29, 1.82) is 5.26 Å². The number of halogens is 3. The molecule has 0 aromatic heterocycles. The first-order valence-corrected chi connectivity index (χ1v) is 10.3. The van der Waals surface area contributed by atoms with Crippen LogP contribution in [0.4, 0.5) is 18.9 Å². The van der Waals surface area contributed by atoms with E-state index in [1.807, 2.05) is 11.0 Å². The van der Waals surface area contributed by atoms with Crippen LogP contribution in [0, 0.1) is 11.3 Å². The second kappa shape index (κ2) is 7.97. The molecule has 1 fully saturated rings. The van der Waals surface area contributed by atoms with Crippen molar-refractivity contribution in [3.05, 3.63) is 59.2 Å². The summed E-state index contributed by atoms with van der Waals surface area (Å²) in [7, 11) is -3.94. The Kier molecular flexibility index (Phi) is 5.74. The Labute approximate surface area is 171 Å². The summed E-state index contributed by atoms with van der Waals surface area (Å²) in [6, 6.07) is 9.99. The highest BCUT2D eigenvalue weighted by atomic mass is 32.2. The Bertz CT molecular complexity index is 1100. The van der Waals surface area contributed by atoms with Gasteiger partial charge in [-0.2, -0.15) is 18.4 Å². The van der Waals surface area contributed by atoms with Gasteiger partial charge in [-0.15, -0.1) is 0 Å². The lowest BCUT2D eigenvalue weighted by atomic mass is 10.1. The second-order valence-corrected chi connectivity index (χ2v) is 8.25. The van der Waals surface area contributed by atoms with Gasteiger partial charge in [-0.05, 0) is 42.5 Å². The molecule has 0 saturated carbocycles. The molecule has 30 heavy (non-hydrogen) atoms. The van der Waals surface area contributed by atoms with Gasteiger partial charge in [0.2, 0.25) is 10.0 Å². The Balaban J connectivity index is 1.70. The van der Waals surface area contributed by atoms with Gasteiger partial charge < -0.3 is 9.80 Å². The fourth-order valence-electron chi connectivity index (χ4n) is 3.19. The van der Waals surface area contributed by atoms with Crippen molar-refractivity contribution in [2.75, 3.05) is 31.1 Å². The van der Waals surface area contributed by atoms with Crippen molar-refractivity contribution in [2.24, 2.45) is 5.14 Å². The third kappa shape index (κ3) is 4.55. The Hall–Kier alpha value is -3.10. The minimum atomic E-state index is -4.47. The van der Waals surface area contributed by atoms with Gasteiger partial charge in [-0.25, -0.2) is 13.6 Å². The van der Waals surface area contributed by atoms with Gasteiger partial charge in [0.05, 0.1) is 21.7 Å². The molecule has 1 aliphatic rings. The Morgan fingerprint density at radius 1 is 1.03 bits per heavy atom. The van der Waals surface area contributed by atoms with E-state index in [4.69, 9.17) is 5.14 Å². The molecule has 0 atom stereocenters. The van der Waals surface area contributed by atoms with E-state index in [1.54, 1.807) is 0 Å². The van der Waals surface area contributed by atoms with Crippen LogP contribution in [0.3, 0.4) is 0 Å². The van der Waals surface area contributed by atoms with Gasteiger partial charge in [0.1, 0.15) is 6.07 Å².